The summed E-state index contributed by atoms with van der Waals surface area (Å²) in [6.45, 7) is -1.22. The fourth-order valence-corrected chi connectivity index (χ4v) is 3.84. The molecular weight excluding hydrogens is 552 g/mol. The molecule has 3 rings (SSSR count). The number of ether oxygens (including phenoxy) is 2. The van der Waals surface area contributed by atoms with Gasteiger partial charge in [-0.2, -0.15) is 8.78 Å². The van der Waals surface area contributed by atoms with Crippen LogP contribution in [0, 0.1) is 0 Å². The second-order valence-electron chi connectivity index (χ2n) is 8.34. The average Bonchev–Trinajstić information content (AvgIpc) is 2.94. The van der Waals surface area contributed by atoms with Gasteiger partial charge in [0, 0.05) is 10.6 Å². The number of aromatic nitrogens is 1. The number of benzene rings is 2. The molecule has 3 N–H and O–H groups in total. The van der Waals surface area contributed by atoms with Crippen molar-refractivity contribution in [1.29, 1.82) is 0 Å². The van der Waals surface area contributed by atoms with Gasteiger partial charge in [0.2, 0.25) is 5.91 Å². The van der Waals surface area contributed by atoms with Gasteiger partial charge in [-0.3, -0.25) is 19.5 Å². The van der Waals surface area contributed by atoms with Crippen molar-refractivity contribution in [3.05, 3.63) is 87.7 Å². The first-order chi connectivity index (χ1) is 19.1. The summed E-state index contributed by atoms with van der Waals surface area (Å²) in [5.41, 5.74) is 0.0347. The third-order valence-corrected chi connectivity index (χ3v) is 5.91. The van der Waals surface area contributed by atoms with Crippen LogP contribution in [0.3, 0.4) is 0 Å². The number of halogens is 3. The normalized spacial score (nSPS) is 11.8. The summed E-state index contributed by atoms with van der Waals surface area (Å²) >= 11 is 6.29. The number of amides is 2. The lowest BCUT2D eigenvalue weighted by molar-refractivity contribution is -0.178. The van der Waals surface area contributed by atoms with E-state index in [9.17, 15) is 33.1 Å². The molecule has 0 bridgehead atoms. The van der Waals surface area contributed by atoms with Gasteiger partial charge in [-0.25, -0.2) is 9.59 Å². The molecule has 0 fully saturated rings. The number of anilines is 1. The van der Waals surface area contributed by atoms with Crippen LogP contribution < -0.4 is 16.2 Å². The summed E-state index contributed by atoms with van der Waals surface area (Å²) < 4.78 is 39.3. The standard InChI is InChI=1S/C27H26ClF2N3O7/c1-2-39-25(37)27(29,30)22(15-34)32-23(35)14-33-21(18-10-6-7-11-19(18)28)13-12-20(24(33)36)31-26(38)40-16-17-8-4-3-5-9-17/h3-13,22,34H,2,14-16H2,1H3,(H,31,38)(H,32,35). The van der Waals surface area contributed by atoms with Crippen LogP contribution in [0.1, 0.15) is 12.5 Å². The number of carbonyl (C=O) groups is 3. The summed E-state index contributed by atoms with van der Waals surface area (Å²) in [5, 5.41) is 13.8. The van der Waals surface area contributed by atoms with Crippen molar-refractivity contribution in [3.8, 4) is 11.3 Å². The topological polar surface area (TPSA) is 136 Å². The van der Waals surface area contributed by atoms with Crippen molar-refractivity contribution in [2.45, 2.75) is 32.0 Å². The number of aliphatic hydroxyl groups excluding tert-OH is 1. The Labute approximate surface area is 232 Å². The number of alkyl halides is 2. The first-order valence-electron chi connectivity index (χ1n) is 12.0. The van der Waals surface area contributed by atoms with E-state index >= 15 is 0 Å². The molecule has 10 nitrogen and oxygen atoms in total. The van der Waals surface area contributed by atoms with E-state index in [1.54, 1.807) is 54.6 Å². The maximum absolute atomic E-state index is 14.5. The zero-order chi connectivity index (χ0) is 29.3. The molecule has 0 spiro atoms. The molecule has 212 valence electrons. The molecule has 1 aromatic heterocycles. The predicted octanol–water partition coefficient (Wildman–Crippen LogP) is 3.59. The SMILES string of the molecule is CCOC(=O)C(F)(F)C(CO)NC(=O)Cn1c(-c2ccccc2Cl)ccc(NC(=O)OCc2ccccc2)c1=O. The van der Waals surface area contributed by atoms with Gasteiger partial charge in [0.1, 0.15) is 24.9 Å². The van der Waals surface area contributed by atoms with Gasteiger partial charge in [0.15, 0.2) is 0 Å². The minimum Gasteiger partial charge on any atom is -0.461 e. The number of rotatable bonds is 11. The van der Waals surface area contributed by atoms with E-state index < -0.39 is 48.6 Å². The van der Waals surface area contributed by atoms with Crippen LogP contribution in [-0.2, 0) is 32.2 Å². The third kappa shape index (κ3) is 7.42. The molecule has 40 heavy (non-hydrogen) atoms. The molecular formula is C27H26ClF2N3O7. The Hall–Kier alpha value is -4.29. The highest BCUT2D eigenvalue weighted by Crippen LogP contribution is 2.27. The lowest BCUT2D eigenvalue weighted by atomic mass is 10.1. The van der Waals surface area contributed by atoms with Crippen LogP contribution in [0.25, 0.3) is 11.3 Å². The minimum atomic E-state index is -4.25. The van der Waals surface area contributed by atoms with Crippen molar-refractivity contribution in [2.24, 2.45) is 0 Å². The number of nitrogens with zero attached hydrogens (tertiary/aromatic N) is 1. The van der Waals surface area contributed by atoms with Crippen LogP contribution in [-0.4, -0.2) is 52.8 Å². The summed E-state index contributed by atoms with van der Waals surface area (Å²) in [4.78, 5) is 50.2. The summed E-state index contributed by atoms with van der Waals surface area (Å²) in [7, 11) is 0. The Morgan fingerprint density at radius 3 is 2.35 bits per heavy atom. The molecule has 2 amide bonds. The quantitative estimate of drug-likeness (QED) is 0.296. The predicted molar refractivity (Wildman–Crippen MR) is 142 cm³/mol. The van der Waals surface area contributed by atoms with Crippen LogP contribution in [0.5, 0.6) is 0 Å². The highest BCUT2D eigenvalue weighted by atomic mass is 35.5. The van der Waals surface area contributed by atoms with Crippen LogP contribution in [0.4, 0.5) is 19.3 Å². The Balaban J connectivity index is 1.89. The zero-order valence-corrected chi connectivity index (χ0v) is 22.0. The van der Waals surface area contributed by atoms with Gasteiger partial charge in [-0.15, -0.1) is 0 Å². The first-order valence-corrected chi connectivity index (χ1v) is 12.4. The summed E-state index contributed by atoms with van der Waals surface area (Å²) in [6, 6.07) is 15.5. The van der Waals surface area contributed by atoms with E-state index in [1.165, 1.54) is 19.1 Å². The van der Waals surface area contributed by atoms with Gasteiger partial charge in [-0.1, -0.05) is 60.1 Å². The van der Waals surface area contributed by atoms with E-state index in [-0.39, 0.29) is 29.6 Å². The number of hydrogen-bond donors (Lipinski definition) is 3. The molecule has 0 aliphatic rings. The van der Waals surface area contributed by atoms with Crippen LogP contribution in [0.2, 0.25) is 5.02 Å². The Morgan fingerprint density at radius 1 is 1.02 bits per heavy atom. The highest BCUT2D eigenvalue weighted by molar-refractivity contribution is 6.33. The lowest BCUT2D eigenvalue weighted by Gasteiger charge is -2.25. The maximum atomic E-state index is 14.5. The van der Waals surface area contributed by atoms with E-state index in [2.05, 4.69) is 10.1 Å². The van der Waals surface area contributed by atoms with E-state index in [0.29, 0.717) is 11.1 Å². The summed E-state index contributed by atoms with van der Waals surface area (Å²) in [5.74, 6) is -7.31. The average molecular weight is 578 g/mol. The Bertz CT molecular complexity index is 1420. The van der Waals surface area contributed by atoms with E-state index in [0.717, 1.165) is 4.57 Å². The molecule has 3 aromatic rings. The lowest BCUT2D eigenvalue weighted by Crippen LogP contribution is -2.55. The molecule has 1 unspecified atom stereocenters. The molecule has 0 saturated heterocycles. The number of aliphatic hydroxyl groups is 1. The third-order valence-electron chi connectivity index (χ3n) is 5.58. The molecule has 2 aromatic carbocycles. The van der Waals surface area contributed by atoms with Gasteiger partial charge < -0.3 is 19.9 Å². The highest BCUT2D eigenvalue weighted by Gasteiger charge is 2.49. The number of hydrogen-bond acceptors (Lipinski definition) is 7. The molecule has 1 heterocycles. The van der Waals surface area contributed by atoms with Gasteiger partial charge in [0.05, 0.1) is 18.9 Å². The second-order valence-corrected chi connectivity index (χ2v) is 8.74. The number of pyridine rings is 1. The largest absolute Gasteiger partial charge is 0.461 e. The smallest absolute Gasteiger partial charge is 0.412 e. The Kier molecular flexibility index (Phi) is 10.3. The van der Waals surface area contributed by atoms with Crippen LogP contribution in [0.15, 0.2) is 71.5 Å². The van der Waals surface area contributed by atoms with Crippen molar-refractivity contribution in [3.63, 3.8) is 0 Å². The van der Waals surface area contributed by atoms with Gasteiger partial charge in [0.25, 0.3) is 5.56 Å². The van der Waals surface area contributed by atoms with Crippen molar-refractivity contribution >= 4 is 35.3 Å². The van der Waals surface area contributed by atoms with E-state index in [1.807, 2.05) is 5.32 Å². The number of nitrogens with one attached hydrogen (secondary N) is 2. The number of esters is 1. The van der Waals surface area contributed by atoms with Crippen molar-refractivity contribution < 1.29 is 37.7 Å². The number of carbonyl (C=O) groups excluding carboxylic acids is 3. The first kappa shape index (κ1) is 30.3. The summed E-state index contributed by atoms with van der Waals surface area (Å²) in [6.07, 6.45) is -0.947. The van der Waals surface area contributed by atoms with E-state index in [4.69, 9.17) is 16.3 Å². The molecule has 0 saturated carbocycles. The second kappa shape index (κ2) is 13.7. The molecule has 13 heteroatoms. The monoisotopic (exact) mass is 577 g/mol. The molecule has 0 radical (unpaired) electrons. The minimum absolute atomic E-state index is 0.0712. The Morgan fingerprint density at radius 2 is 1.70 bits per heavy atom. The molecule has 0 aliphatic carbocycles. The van der Waals surface area contributed by atoms with Crippen LogP contribution >= 0.6 is 11.6 Å². The fourth-order valence-electron chi connectivity index (χ4n) is 3.61. The molecule has 1 atom stereocenters. The molecule has 0 aliphatic heterocycles. The zero-order valence-electron chi connectivity index (χ0n) is 21.2. The van der Waals surface area contributed by atoms with Gasteiger partial charge >= 0.3 is 18.0 Å². The van der Waals surface area contributed by atoms with Crippen molar-refractivity contribution in [1.82, 2.24) is 9.88 Å². The maximum Gasteiger partial charge on any atom is 0.412 e. The van der Waals surface area contributed by atoms with Gasteiger partial charge in [-0.05, 0) is 30.7 Å². The fraction of sp³-hybridized carbons (Fsp3) is 0.259. The van der Waals surface area contributed by atoms with Crippen molar-refractivity contribution in [2.75, 3.05) is 18.5 Å².